The first-order valence-corrected chi connectivity index (χ1v) is 7.16. The van der Waals surface area contributed by atoms with Gasteiger partial charge in [-0.15, -0.1) is 0 Å². The van der Waals surface area contributed by atoms with Crippen LogP contribution in [0.25, 0.3) is 0 Å². The molecule has 22 heavy (non-hydrogen) atoms. The minimum Gasteiger partial charge on any atom is -0.379 e. The summed E-state index contributed by atoms with van der Waals surface area (Å²) >= 11 is 0. The summed E-state index contributed by atoms with van der Waals surface area (Å²) in [4.78, 5) is 38.8. The van der Waals surface area contributed by atoms with Crippen LogP contribution in [-0.2, 0) is 18.8 Å². The van der Waals surface area contributed by atoms with Crippen molar-refractivity contribution in [2.75, 3.05) is 39.4 Å². The van der Waals surface area contributed by atoms with Crippen LogP contribution in [0.15, 0.2) is 24.6 Å². The van der Waals surface area contributed by atoms with Gasteiger partial charge in [0.15, 0.2) is 10.8 Å². The van der Waals surface area contributed by atoms with Crippen molar-refractivity contribution in [3.05, 3.63) is 31.7 Å². The molecule has 0 unspecified atom stereocenters. The van der Waals surface area contributed by atoms with E-state index in [9.17, 15) is 9.59 Å². The number of hydrogen-bond donors (Lipinski definition) is 0. The fourth-order valence-corrected chi connectivity index (χ4v) is 2.45. The van der Waals surface area contributed by atoms with E-state index in [1.807, 2.05) is 0 Å². The van der Waals surface area contributed by atoms with Gasteiger partial charge >= 0.3 is 5.69 Å². The molecule has 0 aromatic carbocycles. The quantitative estimate of drug-likeness (QED) is 0.596. The van der Waals surface area contributed by atoms with Crippen LogP contribution in [0.5, 0.6) is 0 Å². The molecule has 3 rings (SSSR count). The summed E-state index contributed by atoms with van der Waals surface area (Å²) in [6.07, 6.45) is 0. The number of hydrogen-bond acceptors (Lipinski definition) is 5. The van der Waals surface area contributed by atoms with E-state index < -0.39 is 11.2 Å². The van der Waals surface area contributed by atoms with E-state index in [2.05, 4.69) is 19.9 Å². The highest BCUT2D eigenvalue weighted by Gasteiger charge is 2.14. The Morgan fingerprint density at radius 2 is 1.86 bits per heavy atom. The van der Waals surface area contributed by atoms with Gasteiger partial charge in [-0.2, -0.15) is 4.99 Å². The molecule has 2 aliphatic heterocycles. The van der Waals surface area contributed by atoms with E-state index in [4.69, 9.17) is 4.74 Å². The Bertz CT molecular complexity index is 844. The van der Waals surface area contributed by atoms with Crippen LogP contribution in [0.1, 0.15) is 0 Å². The normalized spacial score (nSPS) is 19.8. The van der Waals surface area contributed by atoms with Crippen LogP contribution in [-0.4, -0.2) is 59.4 Å². The molecular weight excluding hydrogens is 288 g/mol. The molecule has 0 radical (unpaired) electrons. The fourth-order valence-electron chi connectivity index (χ4n) is 2.45. The van der Waals surface area contributed by atoms with Gasteiger partial charge in [0.05, 0.1) is 19.8 Å². The number of guanidine groups is 1. The standard InChI is InChI=1S/C13H18N6O3/c1-17-10-9(11(20)18(2)13(17)21)15-12(16-10)14-3-4-19-5-7-22-8-6-19/h3-8H2,1-2H3. The predicted octanol–water partition coefficient (Wildman–Crippen LogP) is -2.97. The second kappa shape index (κ2) is 5.93. The number of ether oxygens (including phenoxy) is 1. The van der Waals surface area contributed by atoms with Crippen molar-refractivity contribution >= 4 is 5.96 Å². The SMILES string of the molecule is Cn1c(=O)c2c(n(C)c1=O)=NC(=NCCN1CCOCC1)N=2. The maximum Gasteiger partial charge on any atom is 0.332 e. The number of rotatable bonds is 3. The molecule has 1 fully saturated rings. The highest BCUT2D eigenvalue weighted by atomic mass is 16.5. The summed E-state index contributed by atoms with van der Waals surface area (Å²) in [5.74, 6) is 0.251. The Labute approximate surface area is 125 Å². The number of fused-ring (bicyclic) bond motifs is 1. The minimum absolute atomic E-state index is 0.176. The van der Waals surface area contributed by atoms with Gasteiger partial charge in [0.25, 0.3) is 5.56 Å². The van der Waals surface area contributed by atoms with Gasteiger partial charge in [-0.3, -0.25) is 18.8 Å². The summed E-state index contributed by atoms with van der Waals surface area (Å²) in [5.41, 5.74) is -0.587. The molecule has 0 amide bonds. The highest BCUT2D eigenvalue weighted by Crippen LogP contribution is 1.96. The average molecular weight is 306 g/mol. The van der Waals surface area contributed by atoms with E-state index in [1.165, 1.54) is 11.6 Å². The van der Waals surface area contributed by atoms with Crippen LogP contribution >= 0.6 is 0 Å². The molecule has 0 N–H and O–H groups in total. The Morgan fingerprint density at radius 1 is 1.14 bits per heavy atom. The Hall–Kier alpha value is -2.13. The lowest BCUT2D eigenvalue weighted by Gasteiger charge is -2.25. The van der Waals surface area contributed by atoms with Crippen molar-refractivity contribution < 1.29 is 4.74 Å². The van der Waals surface area contributed by atoms with Crippen LogP contribution in [0.4, 0.5) is 0 Å². The van der Waals surface area contributed by atoms with Gasteiger partial charge < -0.3 is 4.74 Å². The molecule has 9 heteroatoms. The molecular formula is C13H18N6O3. The number of aromatic nitrogens is 2. The second-order valence-electron chi connectivity index (χ2n) is 5.24. The zero-order valence-corrected chi connectivity index (χ0v) is 12.7. The third-order valence-electron chi connectivity index (χ3n) is 3.80. The van der Waals surface area contributed by atoms with E-state index in [1.54, 1.807) is 7.05 Å². The Kier molecular flexibility index (Phi) is 3.99. The molecule has 9 nitrogen and oxygen atoms in total. The van der Waals surface area contributed by atoms with Gasteiger partial charge in [0.2, 0.25) is 5.96 Å². The van der Waals surface area contributed by atoms with Gasteiger partial charge in [-0.25, -0.2) is 14.8 Å². The topological polar surface area (TPSA) is 93.5 Å². The predicted molar refractivity (Wildman–Crippen MR) is 78.8 cm³/mol. The van der Waals surface area contributed by atoms with Crippen molar-refractivity contribution in [2.24, 2.45) is 29.1 Å². The zero-order chi connectivity index (χ0) is 15.7. The van der Waals surface area contributed by atoms with Gasteiger partial charge in [0.1, 0.15) is 0 Å². The van der Waals surface area contributed by atoms with Gasteiger partial charge in [-0.05, 0) is 0 Å². The summed E-state index contributed by atoms with van der Waals surface area (Å²) in [6.45, 7) is 4.63. The molecule has 1 aromatic rings. The van der Waals surface area contributed by atoms with Crippen LogP contribution in [0.3, 0.4) is 0 Å². The average Bonchev–Trinajstić information content (AvgIpc) is 2.96. The second-order valence-corrected chi connectivity index (χ2v) is 5.24. The molecule has 1 saturated heterocycles. The van der Waals surface area contributed by atoms with E-state index in [0.29, 0.717) is 6.54 Å². The van der Waals surface area contributed by atoms with E-state index in [-0.39, 0.29) is 16.8 Å². The number of nitrogens with zero attached hydrogens (tertiary/aromatic N) is 6. The highest BCUT2D eigenvalue weighted by molar-refractivity contribution is 5.82. The summed E-state index contributed by atoms with van der Waals surface area (Å²) in [6, 6.07) is 0. The van der Waals surface area contributed by atoms with Crippen LogP contribution in [0.2, 0.25) is 0 Å². The third-order valence-corrected chi connectivity index (χ3v) is 3.80. The maximum atomic E-state index is 12.0. The molecule has 3 heterocycles. The van der Waals surface area contributed by atoms with Gasteiger partial charge in [0, 0.05) is 33.7 Å². The molecule has 0 aliphatic carbocycles. The molecule has 2 aliphatic rings. The first kappa shape index (κ1) is 14.8. The van der Waals surface area contributed by atoms with E-state index in [0.717, 1.165) is 37.4 Å². The molecule has 118 valence electrons. The Balaban J connectivity index is 1.82. The number of morpholine rings is 1. The summed E-state index contributed by atoms with van der Waals surface area (Å²) < 4.78 is 7.62. The smallest absolute Gasteiger partial charge is 0.332 e. The monoisotopic (exact) mass is 306 g/mol. The van der Waals surface area contributed by atoms with Crippen molar-refractivity contribution in [2.45, 2.75) is 0 Å². The lowest BCUT2D eigenvalue weighted by atomic mass is 10.4. The van der Waals surface area contributed by atoms with E-state index >= 15 is 0 Å². The molecule has 0 saturated carbocycles. The molecule has 0 atom stereocenters. The van der Waals surface area contributed by atoms with Crippen molar-refractivity contribution in [3.8, 4) is 0 Å². The summed E-state index contributed by atoms with van der Waals surface area (Å²) in [5, 5.41) is 0.176. The maximum absolute atomic E-state index is 12.0. The largest absolute Gasteiger partial charge is 0.379 e. The summed E-state index contributed by atoms with van der Waals surface area (Å²) in [7, 11) is 2.99. The van der Waals surface area contributed by atoms with Gasteiger partial charge in [-0.1, -0.05) is 0 Å². The minimum atomic E-state index is -0.444. The first-order chi connectivity index (χ1) is 10.6. The number of aliphatic imine (C=N–C) groups is 1. The lowest BCUT2D eigenvalue weighted by molar-refractivity contribution is 0.0394. The molecule has 0 bridgehead atoms. The first-order valence-electron chi connectivity index (χ1n) is 7.16. The lowest BCUT2D eigenvalue weighted by Crippen LogP contribution is -2.55. The van der Waals surface area contributed by atoms with Crippen molar-refractivity contribution in [3.63, 3.8) is 0 Å². The Morgan fingerprint density at radius 3 is 2.59 bits per heavy atom. The van der Waals surface area contributed by atoms with Crippen LogP contribution in [0, 0.1) is 0 Å². The third kappa shape index (κ3) is 2.64. The molecule has 1 aromatic heterocycles. The fraction of sp³-hybridized carbons (Fsp3) is 0.615. The van der Waals surface area contributed by atoms with Crippen molar-refractivity contribution in [1.82, 2.24) is 14.0 Å². The van der Waals surface area contributed by atoms with Crippen LogP contribution < -0.4 is 22.1 Å². The zero-order valence-electron chi connectivity index (χ0n) is 12.7. The molecule has 0 spiro atoms. The van der Waals surface area contributed by atoms with Crippen molar-refractivity contribution in [1.29, 1.82) is 0 Å².